The molecular weight excluding hydrogens is 282 g/mol. The number of carbonyl (C=O) groups excluding carboxylic acids is 1. The van der Waals surface area contributed by atoms with Gasteiger partial charge in [-0.25, -0.2) is 0 Å². The van der Waals surface area contributed by atoms with Crippen molar-refractivity contribution >= 4 is 23.0 Å². The van der Waals surface area contributed by atoms with E-state index in [4.69, 9.17) is 4.74 Å². The van der Waals surface area contributed by atoms with Gasteiger partial charge in [0.15, 0.2) is 11.5 Å². The van der Waals surface area contributed by atoms with Crippen LogP contribution in [-0.2, 0) is 0 Å². The second kappa shape index (κ2) is 5.69. The number of carbonyl (C=O) groups is 1. The van der Waals surface area contributed by atoms with Crippen LogP contribution in [0.4, 0.5) is 0 Å². The molecule has 110 valence electrons. The summed E-state index contributed by atoms with van der Waals surface area (Å²) in [6, 6.07) is 12.1. The summed E-state index contributed by atoms with van der Waals surface area (Å²) in [5, 5.41) is 17.5. The highest BCUT2D eigenvalue weighted by atomic mass is 16.5. The zero-order valence-corrected chi connectivity index (χ0v) is 11.8. The van der Waals surface area contributed by atoms with Crippen molar-refractivity contribution in [3.8, 4) is 11.5 Å². The molecule has 0 amide bonds. The number of fused-ring (bicyclic) bond motifs is 1. The van der Waals surface area contributed by atoms with E-state index >= 15 is 0 Å². The molecule has 0 saturated heterocycles. The largest absolute Gasteiger partial charge is 0.504 e. The molecule has 6 heteroatoms. The molecule has 0 aliphatic carbocycles. The molecule has 6 nitrogen and oxygen atoms in total. The van der Waals surface area contributed by atoms with E-state index in [9.17, 15) is 9.90 Å². The number of phenolic OH excluding ortho intramolecular Hbond substituents is 1. The van der Waals surface area contributed by atoms with Gasteiger partial charge < -0.3 is 9.84 Å². The minimum Gasteiger partial charge on any atom is -0.504 e. The van der Waals surface area contributed by atoms with Gasteiger partial charge in [0, 0.05) is 6.08 Å². The van der Waals surface area contributed by atoms with Gasteiger partial charge in [0.1, 0.15) is 5.52 Å². The van der Waals surface area contributed by atoms with Gasteiger partial charge >= 0.3 is 0 Å². The average molecular weight is 295 g/mol. The van der Waals surface area contributed by atoms with Crippen LogP contribution in [0.3, 0.4) is 0 Å². The summed E-state index contributed by atoms with van der Waals surface area (Å²) in [6.45, 7) is 0. The first-order valence-electron chi connectivity index (χ1n) is 6.59. The molecule has 22 heavy (non-hydrogen) atoms. The Balaban J connectivity index is 1.86. The summed E-state index contributed by atoms with van der Waals surface area (Å²) < 4.78 is 6.20. The summed E-state index contributed by atoms with van der Waals surface area (Å²) in [7, 11) is 1.48. The van der Waals surface area contributed by atoms with E-state index in [1.54, 1.807) is 30.3 Å². The lowest BCUT2D eigenvalue weighted by molar-refractivity contribution is 0.0958. The SMILES string of the molecule is COc1ccc(/C=C/C(=O)n2nnc3ccccc32)cc1O. The third-order valence-electron chi connectivity index (χ3n) is 3.18. The molecule has 0 aliphatic rings. The number of methoxy groups -OCH3 is 1. The Hall–Kier alpha value is -3.15. The summed E-state index contributed by atoms with van der Waals surface area (Å²) >= 11 is 0. The normalized spacial score (nSPS) is 11.1. The van der Waals surface area contributed by atoms with Gasteiger partial charge in [-0.3, -0.25) is 4.79 Å². The van der Waals surface area contributed by atoms with E-state index < -0.39 is 0 Å². The Morgan fingerprint density at radius 3 is 2.86 bits per heavy atom. The standard InChI is InChI=1S/C16H13N3O3/c1-22-15-8-6-11(10-14(15)20)7-9-16(21)19-13-5-3-2-4-12(13)17-18-19/h2-10,20H,1H3/b9-7+. The maximum absolute atomic E-state index is 12.2. The molecule has 1 heterocycles. The van der Waals surface area contributed by atoms with Crippen molar-refractivity contribution in [2.24, 2.45) is 0 Å². The van der Waals surface area contributed by atoms with Crippen molar-refractivity contribution in [1.82, 2.24) is 15.0 Å². The van der Waals surface area contributed by atoms with E-state index in [-0.39, 0.29) is 11.7 Å². The summed E-state index contributed by atoms with van der Waals surface area (Å²) in [5.74, 6) is 0.0815. The fraction of sp³-hybridized carbons (Fsp3) is 0.0625. The van der Waals surface area contributed by atoms with E-state index in [1.165, 1.54) is 23.9 Å². The third-order valence-corrected chi connectivity index (χ3v) is 3.18. The van der Waals surface area contributed by atoms with E-state index in [0.717, 1.165) is 0 Å². The van der Waals surface area contributed by atoms with Crippen molar-refractivity contribution in [2.45, 2.75) is 0 Å². The second-order valence-electron chi connectivity index (χ2n) is 4.59. The lowest BCUT2D eigenvalue weighted by atomic mass is 10.2. The Kier molecular flexibility index (Phi) is 3.57. The van der Waals surface area contributed by atoms with Gasteiger partial charge in [-0.05, 0) is 35.9 Å². The van der Waals surface area contributed by atoms with Crippen LogP contribution in [0.25, 0.3) is 17.1 Å². The molecule has 1 aromatic heterocycles. The molecule has 0 radical (unpaired) electrons. The minimum absolute atomic E-state index is 0.0169. The van der Waals surface area contributed by atoms with Gasteiger partial charge in [-0.2, -0.15) is 4.68 Å². The van der Waals surface area contributed by atoms with Crippen LogP contribution in [0.5, 0.6) is 11.5 Å². The van der Waals surface area contributed by atoms with Gasteiger partial charge in [-0.1, -0.05) is 23.4 Å². The number of hydrogen-bond donors (Lipinski definition) is 1. The van der Waals surface area contributed by atoms with Crippen molar-refractivity contribution in [3.63, 3.8) is 0 Å². The van der Waals surface area contributed by atoms with E-state index in [1.807, 2.05) is 12.1 Å². The molecule has 0 unspecified atom stereocenters. The van der Waals surface area contributed by atoms with Crippen molar-refractivity contribution in [2.75, 3.05) is 7.11 Å². The monoisotopic (exact) mass is 295 g/mol. The number of para-hydroxylation sites is 1. The molecule has 0 spiro atoms. The van der Waals surface area contributed by atoms with Crippen LogP contribution in [0, 0.1) is 0 Å². The predicted molar refractivity (Wildman–Crippen MR) is 81.8 cm³/mol. The highest BCUT2D eigenvalue weighted by Gasteiger charge is 2.08. The molecule has 0 aliphatic heterocycles. The molecule has 0 bridgehead atoms. The minimum atomic E-state index is -0.316. The maximum atomic E-state index is 12.2. The van der Waals surface area contributed by atoms with Crippen molar-refractivity contribution in [3.05, 3.63) is 54.1 Å². The van der Waals surface area contributed by atoms with Gasteiger partial charge in [0.05, 0.1) is 12.6 Å². The predicted octanol–water partition coefficient (Wildman–Crippen LogP) is 2.50. The van der Waals surface area contributed by atoms with Gasteiger partial charge in [-0.15, -0.1) is 5.10 Å². The molecule has 2 aromatic carbocycles. The number of aromatic nitrogens is 3. The van der Waals surface area contributed by atoms with E-state index in [0.29, 0.717) is 22.3 Å². The summed E-state index contributed by atoms with van der Waals surface area (Å²) in [5.41, 5.74) is 1.98. The number of hydrogen-bond acceptors (Lipinski definition) is 5. The smallest absolute Gasteiger partial charge is 0.272 e. The van der Waals surface area contributed by atoms with Crippen LogP contribution in [0.1, 0.15) is 10.4 Å². The number of ether oxygens (including phenoxy) is 1. The molecule has 0 fully saturated rings. The van der Waals surface area contributed by atoms with Crippen LogP contribution in [-0.4, -0.2) is 33.1 Å². The lowest BCUT2D eigenvalue weighted by Gasteiger charge is -2.03. The number of nitrogens with zero attached hydrogens (tertiary/aromatic N) is 3. The zero-order valence-electron chi connectivity index (χ0n) is 11.8. The number of phenols is 1. The molecule has 0 saturated carbocycles. The molecular formula is C16H13N3O3. The summed E-state index contributed by atoms with van der Waals surface area (Å²) in [4.78, 5) is 12.2. The van der Waals surface area contributed by atoms with Crippen LogP contribution in [0.15, 0.2) is 48.5 Å². The van der Waals surface area contributed by atoms with Gasteiger partial charge in [0.25, 0.3) is 5.91 Å². The topological polar surface area (TPSA) is 77.2 Å². The van der Waals surface area contributed by atoms with E-state index in [2.05, 4.69) is 10.3 Å². The number of benzene rings is 2. The number of aromatic hydroxyl groups is 1. The fourth-order valence-corrected chi connectivity index (χ4v) is 2.08. The number of allylic oxidation sites excluding steroid dienone is 1. The van der Waals surface area contributed by atoms with Crippen LogP contribution < -0.4 is 4.74 Å². The maximum Gasteiger partial charge on any atom is 0.272 e. The third kappa shape index (κ3) is 2.54. The second-order valence-corrected chi connectivity index (χ2v) is 4.59. The van der Waals surface area contributed by atoms with Crippen molar-refractivity contribution < 1.29 is 14.6 Å². The number of rotatable bonds is 3. The van der Waals surface area contributed by atoms with Gasteiger partial charge in [0.2, 0.25) is 0 Å². The molecule has 3 aromatic rings. The molecule has 0 atom stereocenters. The van der Waals surface area contributed by atoms with Crippen LogP contribution >= 0.6 is 0 Å². The first-order chi connectivity index (χ1) is 10.7. The first kappa shape index (κ1) is 13.8. The Bertz CT molecular complexity index is 868. The quantitative estimate of drug-likeness (QED) is 0.751. The first-order valence-corrected chi connectivity index (χ1v) is 6.59. The molecule has 3 rings (SSSR count). The Morgan fingerprint density at radius 2 is 2.09 bits per heavy atom. The highest BCUT2D eigenvalue weighted by molar-refractivity contribution is 5.98. The Labute approximate surface area is 126 Å². The molecule has 1 N–H and O–H groups in total. The average Bonchev–Trinajstić information content (AvgIpc) is 2.97. The summed E-state index contributed by atoms with van der Waals surface area (Å²) in [6.07, 6.45) is 2.97. The lowest BCUT2D eigenvalue weighted by Crippen LogP contribution is -2.08. The van der Waals surface area contributed by atoms with Crippen molar-refractivity contribution in [1.29, 1.82) is 0 Å². The zero-order chi connectivity index (χ0) is 15.5. The Morgan fingerprint density at radius 1 is 1.27 bits per heavy atom. The highest BCUT2D eigenvalue weighted by Crippen LogP contribution is 2.26. The van der Waals surface area contributed by atoms with Crippen LogP contribution in [0.2, 0.25) is 0 Å². The fourth-order valence-electron chi connectivity index (χ4n) is 2.08.